The first-order valence-corrected chi connectivity index (χ1v) is 9.72. The lowest BCUT2D eigenvalue weighted by Crippen LogP contribution is -2.34. The van der Waals surface area contributed by atoms with E-state index in [4.69, 9.17) is 9.47 Å². The van der Waals surface area contributed by atoms with Gasteiger partial charge in [-0.15, -0.1) is 0 Å². The van der Waals surface area contributed by atoms with Crippen molar-refractivity contribution in [1.29, 1.82) is 0 Å². The molecule has 0 radical (unpaired) electrons. The fraction of sp³-hybridized carbons (Fsp3) is 0.895. The van der Waals surface area contributed by atoms with Gasteiger partial charge in [-0.3, -0.25) is 4.79 Å². The Labute approximate surface area is 146 Å². The van der Waals surface area contributed by atoms with Crippen LogP contribution in [0.5, 0.6) is 0 Å². The number of rotatable bonds is 3. The molecule has 138 valence electrons. The van der Waals surface area contributed by atoms with Gasteiger partial charge >= 0.3 is 0 Å². The van der Waals surface area contributed by atoms with E-state index in [-0.39, 0.29) is 12.3 Å². The summed E-state index contributed by atoms with van der Waals surface area (Å²) < 4.78 is 11.0. The van der Waals surface area contributed by atoms with Crippen LogP contribution in [-0.2, 0) is 14.3 Å². The van der Waals surface area contributed by atoms with Crippen molar-refractivity contribution in [3.63, 3.8) is 0 Å². The number of nitrogens with zero attached hydrogens (tertiary/aromatic N) is 1. The number of hydrogen-bond acceptors (Lipinski definition) is 4. The number of carbonyl (C=O) groups is 1. The molecular formula is C19H34N2O3. The number of nitrogens with one attached hydrogen (secondary N) is 1. The summed E-state index contributed by atoms with van der Waals surface area (Å²) >= 11 is 0. The molecule has 0 bridgehead atoms. The van der Waals surface area contributed by atoms with Gasteiger partial charge in [-0.1, -0.05) is 51.9 Å². The molecule has 0 unspecified atom stereocenters. The molecule has 24 heavy (non-hydrogen) atoms. The summed E-state index contributed by atoms with van der Waals surface area (Å²) in [5.41, 5.74) is 3.88. The molecule has 2 aliphatic rings. The van der Waals surface area contributed by atoms with Gasteiger partial charge in [0.2, 0.25) is 5.91 Å². The van der Waals surface area contributed by atoms with E-state index in [2.05, 4.69) is 17.5 Å². The third-order valence-corrected chi connectivity index (χ3v) is 5.09. The fourth-order valence-corrected chi connectivity index (χ4v) is 3.52. The molecule has 1 N–H and O–H groups in total. The third-order valence-electron chi connectivity index (χ3n) is 5.09. The van der Waals surface area contributed by atoms with Crippen molar-refractivity contribution in [2.45, 2.75) is 90.3 Å². The first kappa shape index (κ1) is 19.4. The van der Waals surface area contributed by atoms with Gasteiger partial charge in [-0.05, 0) is 32.1 Å². The standard InChI is InChI=1S/C19H34N2O3/c1-16-11-9-7-5-3-4-6-8-10-12-17(16)20-21-18(22)15-19(2)23-13-14-24-19/h16H,3-15H2,1-2H3,(H,21,22)/b20-17+/t16-/m1/s1. The van der Waals surface area contributed by atoms with E-state index in [9.17, 15) is 4.79 Å². The number of hydrogen-bond donors (Lipinski definition) is 1. The van der Waals surface area contributed by atoms with Crippen molar-refractivity contribution < 1.29 is 14.3 Å². The van der Waals surface area contributed by atoms with Crippen LogP contribution in [0.25, 0.3) is 0 Å². The van der Waals surface area contributed by atoms with Crippen molar-refractivity contribution in [3.8, 4) is 0 Å². The number of ether oxygens (including phenoxy) is 2. The summed E-state index contributed by atoms with van der Waals surface area (Å²) in [6, 6.07) is 0. The molecule has 1 aliphatic heterocycles. The predicted molar refractivity (Wildman–Crippen MR) is 95.8 cm³/mol. The first-order valence-electron chi connectivity index (χ1n) is 9.72. The molecule has 1 saturated heterocycles. The van der Waals surface area contributed by atoms with Gasteiger partial charge in [-0.2, -0.15) is 5.10 Å². The Balaban J connectivity index is 1.86. The molecule has 1 atom stereocenters. The molecule has 1 heterocycles. The van der Waals surface area contributed by atoms with Gasteiger partial charge in [-0.25, -0.2) is 5.43 Å². The zero-order chi connectivity index (χ0) is 17.3. The minimum atomic E-state index is -0.789. The van der Waals surface area contributed by atoms with E-state index in [1.807, 2.05) is 6.92 Å². The highest BCUT2D eigenvalue weighted by Crippen LogP contribution is 2.22. The Morgan fingerprint density at radius 1 is 1.08 bits per heavy atom. The second-order valence-electron chi connectivity index (χ2n) is 7.41. The Hall–Kier alpha value is -0.940. The number of hydrazone groups is 1. The fourth-order valence-electron chi connectivity index (χ4n) is 3.52. The van der Waals surface area contributed by atoms with Crippen LogP contribution in [0.15, 0.2) is 5.10 Å². The summed E-state index contributed by atoms with van der Waals surface area (Å²) in [6.45, 7) is 5.15. The molecule has 1 amide bonds. The van der Waals surface area contributed by atoms with Gasteiger partial charge in [0.1, 0.15) is 0 Å². The minimum absolute atomic E-state index is 0.134. The summed E-state index contributed by atoms with van der Waals surface area (Å²) in [5.74, 6) is -0.480. The maximum absolute atomic E-state index is 12.2. The molecule has 0 aromatic heterocycles. The van der Waals surface area contributed by atoms with Crippen LogP contribution in [0.2, 0.25) is 0 Å². The van der Waals surface area contributed by atoms with Crippen molar-refractivity contribution >= 4 is 11.6 Å². The topological polar surface area (TPSA) is 59.9 Å². The molecule has 2 rings (SSSR count). The van der Waals surface area contributed by atoms with Crippen LogP contribution in [0.4, 0.5) is 0 Å². The highest BCUT2D eigenvalue weighted by atomic mass is 16.7. The normalized spacial score (nSPS) is 28.1. The average Bonchev–Trinajstić information content (AvgIpc) is 2.96. The van der Waals surface area contributed by atoms with Crippen LogP contribution in [0.3, 0.4) is 0 Å². The SMILES string of the molecule is C[C@@H]1CCCCCCCCCC/C1=N\NC(=O)CC1(C)OCCO1. The van der Waals surface area contributed by atoms with Crippen LogP contribution in [0, 0.1) is 5.92 Å². The average molecular weight is 338 g/mol. The summed E-state index contributed by atoms with van der Waals surface area (Å²) in [4.78, 5) is 12.2. The van der Waals surface area contributed by atoms with Gasteiger partial charge in [0, 0.05) is 5.71 Å². The Kier molecular flexibility index (Phi) is 8.19. The largest absolute Gasteiger partial charge is 0.347 e. The lowest BCUT2D eigenvalue weighted by molar-refractivity contribution is -0.159. The van der Waals surface area contributed by atoms with Crippen LogP contribution in [0.1, 0.15) is 84.5 Å². The third kappa shape index (κ3) is 6.89. The van der Waals surface area contributed by atoms with Gasteiger partial charge in [0.05, 0.1) is 19.6 Å². The second kappa shape index (κ2) is 10.1. The van der Waals surface area contributed by atoms with E-state index in [0.29, 0.717) is 19.1 Å². The highest BCUT2D eigenvalue weighted by molar-refractivity contribution is 5.88. The van der Waals surface area contributed by atoms with Crippen LogP contribution in [-0.4, -0.2) is 30.6 Å². The lowest BCUT2D eigenvalue weighted by atomic mass is 9.92. The molecule has 0 aromatic rings. The van der Waals surface area contributed by atoms with Gasteiger partial charge in [0.25, 0.3) is 0 Å². The molecule has 1 aliphatic carbocycles. The quantitative estimate of drug-likeness (QED) is 0.786. The van der Waals surface area contributed by atoms with Crippen molar-refractivity contribution in [2.24, 2.45) is 11.0 Å². The number of amides is 1. The zero-order valence-electron chi connectivity index (χ0n) is 15.4. The number of carbonyl (C=O) groups excluding carboxylic acids is 1. The first-order chi connectivity index (χ1) is 11.6. The molecule has 2 fully saturated rings. The Morgan fingerprint density at radius 3 is 2.33 bits per heavy atom. The van der Waals surface area contributed by atoms with Crippen molar-refractivity contribution in [3.05, 3.63) is 0 Å². The molecular weight excluding hydrogens is 304 g/mol. The monoisotopic (exact) mass is 338 g/mol. The molecule has 0 spiro atoms. The Bertz CT molecular complexity index is 417. The second-order valence-corrected chi connectivity index (χ2v) is 7.41. The predicted octanol–water partition coefficient (Wildman–Crippen LogP) is 4.16. The van der Waals surface area contributed by atoms with Crippen LogP contribution < -0.4 is 5.43 Å². The van der Waals surface area contributed by atoms with E-state index >= 15 is 0 Å². The van der Waals surface area contributed by atoms with Crippen molar-refractivity contribution in [2.75, 3.05) is 13.2 Å². The maximum atomic E-state index is 12.2. The smallest absolute Gasteiger partial charge is 0.245 e. The molecule has 0 aromatic carbocycles. The molecule has 5 nitrogen and oxygen atoms in total. The van der Waals surface area contributed by atoms with Crippen molar-refractivity contribution in [1.82, 2.24) is 5.43 Å². The lowest BCUT2D eigenvalue weighted by Gasteiger charge is -2.21. The zero-order valence-corrected chi connectivity index (χ0v) is 15.4. The van der Waals surface area contributed by atoms with Gasteiger partial charge < -0.3 is 9.47 Å². The molecule has 1 saturated carbocycles. The van der Waals surface area contributed by atoms with Crippen LogP contribution >= 0.6 is 0 Å². The maximum Gasteiger partial charge on any atom is 0.245 e. The summed E-state index contributed by atoms with van der Waals surface area (Å²) in [7, 11) is 0. The summed E-state index contributed by atoms with van der Waals surface area (Å²) in [5, 5.41) is 4.47. The highest BCUT2D eigenvalue weighted by Gasteiger charge is 2.33. The van der Waals surface area contributed by atoms with E-state index in [0.717, 1.165) is 12.1 Å². The molecule has 5 heteroatoms. The Morgan fingerprint density at radius 2 is 1.67 bits per heavy atom. The van der Waals surface area contributed by atoms with E-state index in [1.165, 1.54) is 57.8 Å². The van der Waals surface area contributed by atoms with E-state index < -0.39 is 5.79 Å². The summed E-state index contributed by atoms with van der Waals surface area (Å²) in [6.07, 6.45) is 12.8. The van der Waals surface area contributed by atoms with E-state index in [1.54, 1.807) is 0 Å². The van der Waals surface area contributed by atoms with Gasteiger partial charge in [0.15, 0.2) is 5.79 Å². The minimum Gasteiger partial charge on any atom is -0.347 e.